The highest BCUT2D eigenvalue weighted by molar-refractivity contribution is 6.23. The first-order chi connectivity index (χ1) is 14.8. The zero-order valence-electron chi connectivity index (χ0n) is 17.1. The number of aromatic amines is 1. The highest BCUT2D eigenvalue weighted by Crippen LogP contribution is 2.41. The van der Waals surface area contributed by atoms with Gasteiger partial charge < -0.3 is 9.72 Å². The maximum Gasteiger partial charge on any atom is 0.138 e. The van der Waals surface area contributed by atoms with Gasteiger partial charge in [0.05, 0.1) is 17.1 Å². The Morgan fingerprint density at radius 3 is 2.27 bits per heavy atom. The summed E-state index contributed by atoms with van der Waals surface area (Å²) in [5.74, 6) is 1.37. The van der Waals surface area contributed by atoms with Gasteiger partial charge in [-0.2, -0.15) is 0 Å². The van der Waals surface area contributed by atoms with Crippen molar-refractivity contribution >= 4 is 32.6 Å². The Balaban J connectivity index is 1.63. The van der Waals surface area contributed by atoms with E-state index in [0.29, 0.717) is 5.92 Å². The average Bonchev–Trinajstić information content (AvgIpc) is 3.47. The number of H-pyrrole nitrogens is 1. The van der Waals surface area contributed by atoms with Crippen LogP contribution in [0.1, 0.15) is 30.7 Å². The van der Waals surface area contributed by atoms with Crippen LogP contribution in [0.5, 0.6) is 0 Å². The van der Waals surface area contributed by atoms with Gasteiger partial charge >= 0.3 is 0 Å². The fraction of sp³-hybridized carbons (Fsp3) is 0.222. The largest absolute Gasteiger partial charge is 0.381 e. The molecule has 3 heteroatoms. The lowest BCUT2D eigenvalue weighted by atomic mass is 9.91. The summed E-state index contributed by atoms with van der Waals surface area (Å²) in [5.41, 5.74) is 4.69. The van der Waals surface area contributed by atoms with Gasteiger partial charge in [-0.05, 0) is 29.2 Å². The Labute approximate surface area is 175 Å². The van der Waals surface area contributed by atoms with Crippen LogP contribution in [0.2, 0.25) is 0 Å². The Morgan fingerprint density at radius 2 is 1.47 bits per heavy atom. The van der Waals surface area contributed by atoms with Crippen molar-refractivity contribution in [2.45, 2.75) is 31.3 Å². The molecule has 6 rings (SSSR count). The first kappa shape index (κ1) is 17.7. The number of aromatic nitrogens is 2. The van der Waals surface area contributed by atoms with Gasteiger partial charge in [0.15, 0.2) is 0 Å². The molecule has 148 valence electrons. The van der Waals surface area contributed by atoms with Crippen LogP contribution >= 0.6 is 0 Å². The molecule has 0 bridgehead atoms. The van der Waals surface area contributed by atoms with E-state index in [0.717, 1.165) is 23.3 Å². The summed E-state index contributed by atoms with van der Waals surface area (Å²) in [4.78, 5) is 8.84. The minimum atomic E-state index is 0.289. The molecule has 5 aromatic rings. The van der Waals surface area contributed by atoms with Crippen LogP contribution < -0.4 is 0 Å². The number of ether oxygens (including phenoxy) is 1. The molecule has 0 amide bonds. The Bertz CT molecular complexity index is 1310. The molecule has 0 spiro atoms. The van der Waals surface area contributed by atoms with Gasteiger partial charge in [-0.25, -0.2) is 4.98 Å². The number of hydrogen-bond donors (Lipinski definition) is 1. The molecule has 0 radical (unpaired) electrons. The highest BCUT2D eigenvalue weighted by Gasteiger charge is 2.30. The summed E-state index contributed by atoms with van der Waals surface area (Å²) in [6.07, 6.45) is 3.80. The van der Waals surface area contributed by atoms with Crippen molar-refractivity contribution in [3.8, 4) is 11.4 Å². The second-order valence-electron chi connectivity index (χ2n) is 8.30. The molecule has 1 N–H and O–H groups in total. The molecule has 2 atom stereocenters. The summed E-state index contributed by atoms with van der Waals surface area (Å²) >= 11 is 0. The minimum absolute atomic E-state index is 0.289. The molecule has 1 aliphatic rings. The number of nitrogens with one attached hydrogen (secondary N) is 1. The van der Waals surface area contributed by atoms with Crippen molar-refractivity contribution in [2.75, 3.05) is 7.11 Å². The Kier molecular flexibility index (Phi) is 4.10. The topological polar surface area (TPSA) is 37.9 Å². The molecular formula is C27H24N2O. The summed E-state index contributed by atoms with van der Waals surface area (Å²) in [6.45, 7) is 0. The SMILES string of the molecule is COC1CCCC1c1ccccc1-c1nc2c3ccccc3c3ccccc3c2[nH]1. The van der Waals surface area contributed by atoms with Crippen LogP contribution in [-0.4, -0.2) is 23.2 Å². The van der Waals surface area contributed by atoms with Gasteiger partial charge in [0.2, 0.25) is 0 Å². The molecule has 1 saturated carbocycles. The molecule has 3 nitrogen and oxygen atoms in total. The number of hydrogen-bond acceptors (Lipinski definition) is 2. The summed E-state index contributed by atoms with van der Waals surface area (Å²) in [5, 5.41) is 4.93. The van der Waals surface area contributed by atoms with Gasteiger partial charge in [-0.15, -0.1) is 0 Å². The fourth-order valence-corrected chi connectivity index (χ4v) is 5.35. The van der Waals surface area contributed by atoms with E-state index in [1.54, 1.807) is 0 Å². The van der Waals surface area contributed by atoms with Gasteiger partial charge in [-0.1, -0.05) is 79.2 Å². The van der Waals surface area contributed by atoms with E-state index >= 15 is 0 Å². The van der Waals surface area contributed by atoms with Gasteiger partial charge in [0, 0.05) is 29.4 Å². The number of imidazole rings is 1. The van der Waals surface area contributed by atoms with Gasteiger partial charge in [0.1, 0.15) is 5.82 Å². The molecule has 1 aromatic heterocycles. The minimum Gasteiger partial charge on any atom is -0.381 e. The van der Waals surface area contributed by atoms with Crippen LogP contribution in [0.4, 0.5) is 0 Å². The third-order valence-electron chi connectivity index (χ3n) is 6.74. The molecule has 0 aliphatic heterocycles. The zero-order chi connectivity index (χ0) is 20.1. The lowest BCUT2D eigenvalue weighted by Crippen LogP contribution is -2.15. The number of benzene rings is 4. The van der Waals surface area contributed by atoms with E-state index in [9.17, 15) is 0 Å². The molecule has 0 saturated heterocycles. The van der Waals surface area contributed by atoms with E-state index in [1.165, 1.54) is 45.5 Å². The zero-order valence-corrected chi connectivity index (χ0v) is 17.1. The van der Waals surface area contributed by atoms with Crippen molar-refractivity contribution in [2.24, 2.45) is 0 Å². The quantitative estimate of drug-likeness (QED) is 0.342. The predicted octanol–water partition coefficient (Wildman–Crippen LogP) is 6.82. The van der Waals surface area contributed by atoms with Crippen LogP contribution in [0.15, 0.2) is 72.8 Å². The Morgan fingerprint density at radius 1 is 0.800 bits per heavy atom. The third kappa shape index (κ3) is 2.59. The predicted molar refractivity (Wildman–Crippen MR) is 124 cm³/mol. The monoisotopic (exact) mass is 392 g/mol. The highest BCUT2D eigenvalue weighted by atomic mass is 16.5. The number of nitrogens with zero attached hydrogens (tertiary/aromatic N) is 1. The Hall–Kier alpha value is -3.17. The molecule has 30 heavy (non-hydrogen) atoms. The van der Waals surface area contributed by atoms with E-state index < -0.39 is 0 Å². The van der Waals surface area contributed by atoms with Crippen molar-refractivity contribution in [3.63, 3.8) is 0 Å². The fourth-order valence-electron chi connectivity index (χ4n) is 5.35. The lowest BCUT2D eigenvalue weighted by Gasteiger charge is -2.20. The molecule has 1 fully saturated rings. The van der Waals surface area contributed by atoms with Crippen molar-refractivity contribution < 1.29 is 4.74 Å². The molecule has 4 aromatic carbocycles. The van der Waals surface area contributed by atoms with Gasteiger partial charge in [-0.3, -0.25) is 0 Å². The standard InChI is InChI=1S/C27H24N2O/c1-30-24-16-8-15-20(24)19-11-4-7-14-23(19)27-28-25-21-12-5-2-9-17(21)18-10-3-6-13-22(18)26(25)29-27/h2-7,9-14,20,24H,8,15-16H2,1H3,(H,28,29). The molecule has 1 aliphatic carbocycles. The number of fused-ring (bicyclic) bond motifs is 6. The maximum atomic E-state index is 5.81. The molecule has 2 unspecified atom stereocenters. The summed E-state index contributed by atoms with van der Waals surface area (Å²) < 4.78 is 5.81. The van der Waals surface area contributed by atoms with Crippen molar-refractivity contribution in [3.05, 3.63) is 78.4 Å². The maximum absolute atomic E-state index is 5.81. The second-order valence-corrected chi connectivity index (χ2v) is 8.30. The average molecular weight is 393 g/mol. The lowest BCUT2D eigenvalue weighted by molar-refractivity contribution is 0.0946. The van der Waals surface area contributed by atoms with Crippen LogP contribution in [0.25, 0.3) is 44.0 Å². The molecular weight excluding hydrogens is 368 g/mol. The van der Waals surface area contributed by atoms with Crippen molar-refractivity contribution in [1.82, 2.24) is 9.97 Å². The van der Waals surface area contributed by atoms with Crippen LogP contribution in [0, 0.1) is 0 Å². The first-order valence-electron chi connectivity index (χ1n) is 10.8. The van der Waals surface area contributed by atoms with Crippen LogP contribution in [-0.2, 0) is 4.74 Å². The number of methoxy groups -OCH3 is 1. The first-order valence-corrected chi connectivity index (χ1v) is 10.8. The number of rotatable bonds is 3. The second kappa shape index (κ2) is 6.96. The summed E-state index contributed by atoms with van der Waals surface area (Å²) in [6, 6.07) is 25.9. The van der Waals surface area contributed by atoms with Crippen molar-refractivity contribution in [1.29, 1.82) is 0 Å². The normalized spacial score (nSPS) is 19.2. The molecule has 1 heterocycles. The van der Waals surface area contributed by atoms with E-state index in [-0.39, 0.29) is 6.10 Å². The smallest absolute Gasteiger partial charge is 0.138 e. The van der Waals surface area contributed by atoms with Gasteiger partial charge in [0.25, 0.3) is 0 Å². The summed E-state index contributed by atoms with van der Waals surface area (Å²) in [7, 11) is 1.84. The van der Waals surface area contributed by atoms with E-state index in [2.05, 4.69) is 77.8 Å². The van der Waals surface area contributed by atoms with E-state index in [1.807, 2.05) is 7.11 Å². The van der Waals surface area contributed by atoms with Crippen LogP contribution in [0.3, 0.4) is 0 Å². The van der Waals surface area contributed by atoms with E-state index in [4.69, 9.17) is 9.72 Å². The third-order valence-corrected chi connectivity index (χ3v) is 6.74.